The summed E-state index contributed by atoms with van der Waals surface area (Å²) in [6.45, 7) is 9.60. The summed E-state index contributed by atoms with van der Waals surface area (Å²) < 4.78 is 25.7. The number of nitrogens with zero attached hydrogens (tertiary/aromatic N) is 2. The van der Waals surface area contributed by atoms with Crippen molar-refractivity contribution in [3.8, 4) is 0 Å². The van der Waals surface area contributed by atoms with Gasteiger partial charge in [0.05, 0.1) is 22.9 Å². The van der Waals surface area contributed by atoms with Crippen LogP contribution in [0.4, 0.5) is 11.4 Å². The first kappa shape index (κ1) is 24.3. The Labute approximate surface area is 183 Å². The van der Waals surface area contributed by atoms with Gasteiger partial charge in [-0.05, 0) is 36.5 Å². The quantitative estimate of drug-likeness (QED) is 0.511. The highest BCUT2D eigenvalue weighted by Crippen LogP contribution is 2.26. The van der Waals surface area contributed by atoms with E-state index in [2.05, 4.69) is 26.1 Å². The molecule has 2 aromatic rings. The van der Waals surface area contributed by atoms with Gasteiger partial charge < -0.3 is 5.32 Å². The summed E-state index contributed by atoms with van der Waals surface area (Å²) in [5.74, 6) is -0.510. The molecule has 2 aromatic carbocycles. The molecule has 0 aromatic heterocycles. The number of sulfonamides is 1. The number of non-ortho nitro benzene ring substituents is 1. The lowest BCUT2D eigenvalue weighted by Gasteiger charge is -2.29. The molecule has 0 aliphatic rings. The van der Waals surface area contributed by atoms with Crippen molar-refractivity contribution in [1.82, 2.24) is 5.32 Å². The van der Waals surface area contributed by atoms with Crippen molar-refractivity contribution in [3.05, 3.63) is 69.8 Å². The van der Waals surface area contributed by atoms with Gasteiger partial charge in [-0.2, -0.15) is 0 Å². The van der Waals surface area contributed by atoms with Gasteiger partial charge in [0.15, 0.2) is 0 Å². The molecule has 1 amide bonds. The van der Waals surface area contributed by atoms with E-state index in [1.807, 2.05) is 31.2 Å². The van der Waals surface area contributed by atoms with Crippen LogP contribution in [0.5, 0.6) is 0 Å². The molecule has 1 N–H and O–H groups in total. The van der Waals surface area contributed by atoms with Crippen molar-refractivity contribution >= 4 is 27.3 Å². The van der Waals surface area contributed by atoms with Crippen LogP contribution in [0.1, 0.15) is 51.8 Å². The van der Waals surface area contributed by atoms with Gasteiger partial charge in [0.25, 0.3) is 5.69 Å². The second-order valence-electron chi connectivity index (χ2n) is 8.61. The Kier molecular flexibility index (Phi) is 7.10. The second kappa shape index (κ2) is 9.05. The Bertz CT molecular complexity index is 1060. The van der Waals surface area contributed by atoms with E-state index in [1.165, 1.54) is 25.1 Å². The average molecular weight is 448 g/mol. The molecule has 8 nitrogen and oxygen atoms in total. The number of carbonyl (C=O) groups excluding carboxylic acids is 1. The topological polar surface area (TPSA) is 110 Å². The van der Waals surface area contributed by atoms with Gasteiger partial charge in [0.2, 0.25) is 15.9 Å². The number of carbonyl (C=O) groups is 1. The van der Waals surface area contributed by atoms with Crippen LogP contribution in [-0.4, -0.2) is 31.5 Å². The number of amides is 1. The third-order valence-corrected chi connectivity index (χ3v) is 6.26. The summed E-state index contributed by atoms with van der Waals surface area (Å²) in [7, 11) is -3.88. The number of anilines is 1. The Hall–Kier alpha value is -2.94. The maximum absolute atomic E-state index is 12.9. The third kappa shape index (κ3) is 6.04. The molecule has 0 heterocycles. The van der Waals surface area contributed by atoms with Gasteiger partial charge in [0, 0.05) is 12.1 Å². The van der Waals surface area contributed by atoms with E-state index in [4.69, 9.17) is 0 Å². The van der Waals surface area contributed by atoms with Gasteiger partial charge in [-0.3, -0.25) is 19.2 Å². The Morgan fingerprint density at radius 1 is 1.10 bits per heavy atom. The zero-order chi connectivity index (χ0) is 23.6. The molecular weight excluding hydrogens is 418 g/mol. The van der Waals surface area contributed by atoms with Crippen LogP contribution in [0.3, 0.4) is 0 Å². The summed E-state index contributed by atoms with van der Waals surface area (Å²) in [6.07, 6.45) is 0.963. The van der Waals surface area contributed by atoms with Crippen molar-refractivity contribution in [2.24, 2.45) is 0 Å². The Morgan fingerprint density at radius 2 is 1.68 bits per heavy atom. The zero-order valence-electron chi connectivity index (χ0n) is 18.6. The first-order valence-corrected chi connectivity index (χ1v) is 11.7. The molecule has 2 rings (SSSR count). The van der Waals surface area contributed by atoms with Crippen LogP contribution in [-0.2, 0) is 20.2 Å². The molecule has 168 valence electrons. The van der Waals surface area contributed by atoms with Crippen molar-refractivity contribution < 1.29 is 18.1 Å². The third-order valence-electron chi connectivity index (χ3n) is 5.02. The van der Waals surface area contributed by atoms with Gasteiger partial charge in [-0.15, -0.1) is 0 Å². The number of nitrogens with one attached hydrogen (secondary N) is 1. The van der Waals surface area contributed by atoms with Crippen LogP contribution in [0.2, 0.25) is 0 Å². The highest BCUT2D eigenvalue weighted by Gasteiger charge is 2.30. The number of rotatable bonds is 7. The predicted octanol–water partition coefficient (Wildman–Crippen LogP) is 3.92. The summed E-state index contributed by atoms with van der Waals surface area (Å²) >= 11 is 0. The van der Waals surface area contributed by atoms with Crippen LogP contribution in [0.25, 0.3) is 0 Å². The molecule has 31 heavy (non-hydrogen) atoms. The first-order valence-electron chi connectivity index (χ1n) is 9.86. The maximum atomic E-state index is 12.9. The monoisotopic (exact) mass is 447 g/mol. The normalized spacial score (nSPS) is 13.9. The molecule has 0 unspecified atom stereocenters. The number of benzene rings is 2. The predicted molar refractivity (Wildman–Crippen MR) is 122 cm³/mol. The minimum atomic E-state index is -3.88. The molecule has 0 fully saturated rings. The van der Waals surface area contributed by atoms with Gasteiger partial charge in [-0.25, -0.2) is 8.42 Å². The van der Waals surface area contributed by atoms with E-state index < -0.39 is 26.9 Å². The summed E-state index contributed by atoms with van der Waals surface area (Å²) in [6, 6.07) is 11.6. The summed E-state index contributed by atoms with van der Waals surface area (Å²) in [5.41, 5.74) is 1.85. The van der Waals surface area contributed by atoms with Crippen LogP contribution in [0, 0.1) is 10.1 Å². The smallest absolute Gasteiger partial charge is 0.271 e. The van der Waals surface area contributed by atoms with E-state index in [0.717, 1.165) is 27.8 Å². The van der Waals surface area contributed by atoms with Crippen LogP contribution >= 0.6 is 0 Å². The van der Waals surface area contributed by atoms with E-state index in [9.17, 15) is 23.3 Å². The lowest BCUT2D eigenvalue weighted by Crippen LogP contribution is -2.48. The molecule has 0 bridgehead atoms. The Morgan fingerprint density at radius 3 is 2.16 bits per heavy atom. The Balaban J connectivity index is 2.26. The van der Waals surface area contributed by atoms with Crippen LogP contribution < -0.4 is 9.62 Å². The number of nitro benzene ring substituents is 1. The van der Waals surface area contributed by atoms with Gasteiger partial charge in [0.1, 0.15) is 6.04 Å². The SMILES string of the molecule is C[C@H](C(=O)N[C@H](C)c1ccc(C(C)(C)C)cc1)N(c1cccc([N+](=O)[O-])c1)S(C)(=O)=O. The average Bonchev–Trinajstić information content (AvgIpc) is 2.66. The largest absolute Gasteiger partial charge is 0.348 e. The molecule has 2 atom stereocenters. The van der Waals surface area contributed by atoms with Gasteiger partial charge >= 0.3 is 0 Å². The molecule has 0 aliphatic heterocycles. The lowest BCUT2D eigenvalue weighted by atomic mass is 9.86. The summed E-state index contributed by atoms with van der Waals surface area (Å²) in [5, 5.41) is 13.9. The van der Waals surface area contributed by atoms with E-state index in [1.54, 1.807) is 0 Å². The minimum absolute atomic E-state index is 0.00775. The summed E-state index contributed by atoms with van der Waals surface area (Å²) in [4.78, 5) is 23.3. The number of hydrogen-bond donors (Lipinski definition) is 1. The molecule has 9 heteroatoms. The fourth-order valence-corrected chi connectivity index (χ4v) is 4.41. The lowest BCUT2D eigenvalue weighted by molar-refractivity contribution is -0.384. The first-order chi connectivity index (χ1) is 14.2. The highest BCUT2D eigenvalue weighted by molar-refractivity contribution is 7.92. The maximum Gasteiger partial charge on any atom is 0.271 e. The van der Waals surface area contributed by atoms with Crippen LogP contribution in [0.15, 0.2) is 48.5 Å². The number of hydrogen-bond acceptors (Lipinski definition) is 5. The van der Waals surface area contributed by atoms with Crippen molar-refractivity contribution in [3.63, 3.8) is 0 Å². The minimum Gasteiger partial charge on any atom is -0.348 e. The molecule has 0 spiro atoms. The van der Waals surface area contributed by atoms with E-state index in [-0.39, 0.29) is 22.8 Å². The fraction of sp³-hybridized carbons (Fsp3) is 0.409. The molecule has 0 radical (unpaired) electrons. The van der Waals surface area contributed by atoms with Crippen molar-refractivity contribution in [2.45, 2.75) is 52.1 Å². The van der Waals surface area contributed by atoms with E-state index in [0.29, 0.717) is 0 Å². The second-order valence-corrected chi connectivity index (χ2v) is 10.5. The zero-order valence-corrected chi connectivity index (χ0v) is 19.4. The highest BCUT2D eigenvalue weighted by atomic mass is 32.2. The molecule has 0 saturated heterocycles. The molecule has 0 saturated carbocycles. The molecular formula is C22H29N3O5S. The van der Waals surface area contributed by atoms with Crippen molar-refractivity contribution in [2.75, 3.05) is 10.6 Å². The molecule has 0 aliphatic carbocycles. The van der Waals surface area contributed by atoms with Crippen molar-refractivity contribution in [1.29, 1.82) is 0 Å². The van der Waals surface area contributed by atoms with Gasteiger partial charge in [-0.1, -0.05) is 51.1 Å². The number of nitro groups is 1. The fourth-order valence-electron chi connectivity index (χ4n) is 3.24. The standard InChI is InChI=1S/C22H29N3O5S/c1-15(17-10-12-18(13-11-17)22(3,4)5)23-21(26)16(2)24(31(6,29)30)19-8-7-9-20(14-19)25(27)28/h7-16H,1-6H3,(H,23,26)/t15-,16-/m1/s1. The van der Waals surface area contributed by atoms with E-state index >= 15 is 0 Å².